The fourth-order valence-electron chi connectivity index (χ4n) is 2.34. The monoisotopic (exact) mass is 435 g/mol. The second kappa shape index (κ2) is 11.8. The van der Waals surface area contributed by atoms with Gasteiger partial charge in [-0.3, -0.25) is 9.05 Å². The second-order valence-corrected chi connectivity index (χ2v) is 7.79. The highest BCUT2D eigenvalue weighted by atomic mass is 31.2. The summed E-state index contributed by atoms with van der Waals surface area (Å²) in [4.78, 5) is 9.61. The van der Waals surface area contributed by atoms with Crippen molar-refractivity contribution >= 4 is 7.82 Å². The lowest BCUT2D eigenvalue weighted by molar-refractivity contribution is -0.315. The maximum atomic E-state index is 11.8. The van der Waals surface area contributed by atoms with Crippen molar-refractivity contribution in [1.29, 1.82) is 0 Å². The summed E-state index contributed by atoms with van der Waals surface area (Å²) in [7, 11) is -4.54. The van der Waals surface area contributed by atoms with Crippen LogP contribution < -0.4 is 5.73 Å². The fourth-order valence-corrected chi connectivity index (χ4v) is 3.11. The fraction of sp³-hybridized carbons (Fsp3) is 1.00. The standard InChI is InChI=1S/C14H30NO12P/c1-7-10(18)12(20)13(21)14(26-7)27-9(11(19)8(17)5-16)6-25-28(22,23)24-4-2-3-15/h7-14,16-21H,2-6,15H2,1H3,(H,22,23)/t7-,8+,9+,10-,11+,12+,13+,14-/m0/s1. The minimum atomic E-state index is -4.54. The average molecular weight is 435 g/mol. The summed E-state index contributed by atoms with van der Waals surface area (Å²) in [6, 6.07) is 0. The molecular weight excluding hydrogens is 405 g/mol. The molecule has 1 aliphatic rings. The highest BCUT2D eigenvalue weighted by Gasteiger charge is 2.44. The van der Waals surface area contributed by atoms with Crippen molar-refractivity contribution in [2.24, 2.45) is 5.73 Å². The number of rotatable bonds is 12. The van der Waals surface area contributed by atoms with Gasteiger partial charge in [0.25, 0.3) is 0 Å². The van der Waals surface area contributed by atoms with Gasteiger partial charge in [0.05, 0.1) is 25.9 Å². The van der Waals surface area contributed by atoms with E-state index in [1.807, 2.05) is 0 Å². The molecule has 28 heavy (non-hydrogen) atoms. The molecule has 0 saturated carbocycles. The van der Waals surface area contributed by atoms with Crippen LogP contribution >= 0.6 is 7.82 Å². The van der Waals surface area contributed by atoms with Crippen LogP contribution in [0.1, 0.15) is 13.3 Å². The van der Waals surface area contributed by atoms with Crippen molar-refractivity contribution in [2.45, 2.75) is 62.4 Å². The van der Waals surface area contributed by atoms with Gasteiger partial charge >= 0.3 is 7.82 Å². The summed E-state index contributed by atoms with van der Waals surface area (Å²) in [6.07, 6.45) is -12.1. The van der Waals surface area contributed by atoms with Crippen LogP contribution in [0.2, 0.25) is 0 Å². The molecule has 0 radical (unpaired) electrons. The number of hydrogen-bond donors (Lipinski definition) is 8. The zero-order valence-corrected chi connectivity index (χ0v) is 16.2. The van der Waals surface area contributed by atoms with Gasteiger partial charge in [-0.1, -0.05) is 0 Å². The number of phosphoric acid groups is 1. The highest BCUT2D eigenvalue weighted by molar-refractivity contribution is 7.47. The molecule has 14 heteroatoms. The van der Waals surface area contributed by atoms with Gasteiger partial charge in [-0.15, -0.1) is 0 Å². The van der Waals surface area contributed by atoms with Gasteiger partial charge in [0.2, 0.25) is 0 Å². The van der Waals surface area contributed by atoms with Crippen molar-refractivity contribution in [3.8, 4) is 0 Å². The highest BCUT2D eigenvalue weighted by Crippen LogP contribution is 2.43. The Hall–Kier alpha value is -0.250. The third-order valence-corrected chi connectivity index (χ3v) is 5.07. The SMILES string of the molecule is C[C@@H]1O[C@@H](O[C@H](COP(=O)(O)OCCCN)[C@H](O)[C@H](O)CO)[C@H](O)[C@H](O)[C@H]1O. The number of aliphatic hydroxyl groups is 6. The Kier molecular flexibility index (Phi) is 10.9. The average Bonchev–Trinajstić information content (AvgIpc) is 2.66. The first-order valence-electron chi connectivity index (χ1n) is 8.68. The second-order valence-electron chi connectivity index (χ2n) is 6.34. The van der Waals surface area contributed by atoms with Gasteiger partial charge < -0.3 is 50.7 Å². The zero-order chi connectivity index (χ0) is 21.5. The van der Waals surface area contributed by atoms with Crippen molar-refractivity contribution < 1.29 is 58.6 Å². The van der Waals surface area contributed by atoms with Crippen molar-refractivity contribution in [1.82, 2.24) is 0 Å². The molecule has 0 aromatic heterocycles. The Balaban J connectivity index is 2.81. The van der Waals surface area contributed by atoms with E-state index in [9.17, 15) is 35.0 Å². The number of phosphoric ester groups is 1. The normalized spacial score (nSPS) is 33.8. The van der Waals surface area contributed by atoms with Gasteiger partial charge in [-0.25, -0.2) is 4.57 Å². The lowest BCUT2D eigenvalue weighted by Gasteiger charge is -2.41. The minimum Gasteiger partial charge on any atom is -0.394 e. The van der Waals surface area contributed by atoms with E-state index in [0.717, 1.165) is 0 Å². The van der Waals surface area contributed by atoms with Crippen LogP contribution in [0.15, 0.2) is 0 Å². The Labute approximate surface area is 161 Å². The lowest BCUT2D eigenvalue weighted by atomic mass is 10.00. The van der Waals surface area contributed by atoms with Crippen LogP contribution in [-0.2, 0) is 23.1 Å². The van der Waals surface area contributed by atoms with Gasteiger partial charge in [-0.05, 0) is 19.9 Å². The number of nitrogens with two attached hydrogens (primary N) is 1. The third kappa shape index (κ3) is 7.54. The molecule has 9 N–H and O–H groups in total. The van der Waals surface area contributed by atoms with Crippen LogP contribution in [0.4, 0.5) is 0 Å². The van der Waals surface area contributed by atoms with Gasteiger partial charge in [0.15, 0.2) is 6.29 Å². The van der Waals surface area contributed by atoms with E-state index in [1.54, 1.807) is 0 Å². The molecule has 0 aliphatic carbocycles. The van der Waals surface area contributed by atoms with Gasteiger partial charge in [0.1, 0.15) is 36.6 Å². The van der Waals surface area contributed by atoms with E-state index >= 15 is 0 Å². The maximum absolute atomic E-state index is 11.8. The van der Waals surface area contributed by atoms with Crippen molar-refractivity contribution in [2.75, 3.05) is 26.4 Å². The Morgan fingerprint density at radius 3 is 2.36 bits per heavy atom. The first-order chi connectivity index (χ1) is 13.0. The maximum Gasteiger partial charge on any atom is 0.472 e. The lowest BCUT2D eigenvalue weighted by Crippen LogP contribution is -2.59. The van der Waals surface area contributed by atoms with E-state index in [0.29, 0.717) is 6.42 Å². The van der Waals surface area contributed by atoms with Crippen LogP contribution in [0.25, 0.3) is 0 Å². The minimum absolute atomic E-state index is 0.163. The Morgan fingerprint density at radius 1 is 1.14 bits per heavy atom. The topological polar surface area (TPSA) is 222 Å². The van der Waals surface area contributed by atoms with Crippen LogP contribution in [0.3, 0.4) is 0 Å². The van der Waals surface area contributed by atoms with E-state index in [1.165, 1.54) is 6.92 Å². The van der Waals surface area contributed by atoms with E-state index < -0.39 is 70.1 Å². The predicted octanol–water partition coefficient (Wildman–Crippen LogP) is -3.60. The van der Waals surface area contributed by atoms with E-state index in [2.05, 4.69) is 4.52 Å². The summed E-state index contributed by atoms with van der Waals surface area (Å²) >= 11 is 0. The number of ether oxygens (including phenoxy) is 2. The van der Waals surface area contributed by atoms with Crippen LogP contribution in [0, 0.1) is 0 Å². The summed E-state index contributed by atoms with van der Waals surface area (Å²) < 4.78 is 31.7. The molecule has 1 saturated heterocycles. The summed E-state index contributed by atoms with van der Waals surface area (Å²) in [6.45, 7) is -0.210. The largest absolute Gasteiger partial charge is 0.472 e. The van der Waals surface area contributed by atoms with E-state index in [4.69, 9.17) is 24.8 Å². The molecule has 1 heterocycles. The molecule has 0 bridgehead atoms. The quantitative estimate of drug-likeness (QED) is 0.110. The van der Waals surface area contributed by atoms with Gasteiger partial charge in [0, 0.05) is 0 Å². The number of aliphatic hydroxyl groups excluding tert-OH is 6. The first kappa shape index (κ1) is 25.8. The molecule has 1 aliphatic heterocycles. The van der Waals surface area contributed by atoms with Crippen molar-refractivity contribution in [3.63, 3.8) is 0 Å². The van der Waals surface area contributed by atoms with Crippen LogP contribution in [0.5, 0.6) is 0 Å². The Morgan fingerprint density at radius 2 is 1.79 bits per heavy atom. The molecule has 0 spiro atoms. The molecule has 1 unspecified atom stereocenters. The zero-order valence-electron chi connectivity index (χ0n) is 15.4. The van der Waals surface area contributed by atoms with Crippen LogP contribution in [-0.4, -0.2) is 111 Å². The number of hydrogen-bond acceptors (Lipinski definition) is 12. The van der Waals surface area contributed by atoms with E-state index in [-0.39, 0.29) is 13.2 Å². The summed E-state index contributed by atoms with van der Waals surface area (Å²) in [5, 5.41) is 58.2. The molecule has 168 valence electrons. The predicted molar refractivity (Wildman–Crippen MR) is 91.7 cm³/mol. The summed E-state index contributed by atoms with van der Waals surface area (Å²) in [5.41, 5.74) is 5.25. The Bertz CT molecular complexity index is 499. The molecular formula is C14H30NO12P. The van der Waals surface area contributed by atoms with Crippen molar-refractivity contribution in [3.05, 3.63) is 0 Å². The molecule has 0 aromatic carbocycles. The molecule has 1 fully saturated rings. The van der Waals surface area contributed by atoms with Gasteiger partial charge in [-0.2, -0.15) is 0 Å². The molecule has 1 rings (SSSR count). The third-order valence-electron chi connectivity index (χ3n) is 4.08. The smallest absolute Gasteiger partial charge is 0.394 e. The molecule has 13 nitrogen and oxygen atoms in total. The molecule has 0 amide bonds. The summed E-state index contributed by atoms with van der Waals surface area (Å²) in [5.74, 6) is 0. The molecule has 9 atom stereocenters. The molecule has 0 aromatic rings. The first-order valence-corrected chi connectivity index (χ1v) is 10.2.